The Balaban J connectivity index is 1.12. The van der Waals surface area contributed by atoms with E-state index in [1.54, 1.807) is 0 Å². The Bertz CT molecular complexity index is 701. The molecule has 0 spiro atoms. The van der Waals surface area contributed by atoms with E-state index in [0.717, 1.165) is 55.7 Å². The number of hydrogen-bond acceptors (Lipinski definition) is 2. The third-order valence-electron chi connectivity index (χ3n) is 7.87. The molecule has 4 saturated carbocycles. The molecule has 0 atom stereocenters. The van der Waals surface area contributed by atoms with Gasteiger partial charge in [-0.05, 0) is 86.7 Å². The van der Waals surface area contributed by atoms with Crippen LogP contribution in [0.3, 0.4) is 0 Å². The molecule has 6 rings (SSSR count). The highest BCUT2D eigenvalue weighted by Gasteiger charge is 2.51. The Kier molecular flexibility index (Phi) is 4.68. The number of rotatable bonds is 4. The number of carbonyl (C=O) groups excluding carboxylic acids is 2. The van der Waals surface area contributed by atoms with Crippen molar-refractivity contribution in [2.45, 2.75) is 63.8 Å². The summed E-state index contributed by atoms with van der Waals surface area (Å²) < 4.78 is 0. The van der Waals surface area contributed by atoms with Crippen LogP contribution in [0.2, 0.25) is 0 Å². The van der Waals surface area contributed by atoms with Gasteiger partial charge < -0.3 is 10.2 Å². The van der Waals surface area contributed by atoms with Crippen LogP contribution in [-0.4, -0.2) is 35.8 Å². The van der Waals surface area contributed by atoms with Gasteiger partial charge in [-0.2, -0.15) is 0 Å². The number of benzene rings is 1. The van der Waals surface area contributed by atoms with Crippen LogP contribution in [0.15, 0.2) is 30.3 Å². The lowest BCUT2D eigenvalue weighted by Gasteiger charge is -2.56. The molecule has 5 aliphatic rings. The minimum absolute atomic E-state index is 0.110. The van der Waals surface area contributed by atoms with Crippen molar-refractivity contribution >= 4 is 11.8 Å². The van der Waals surface area contributed by atoms with Crippen molar-refractivity contribution in [2.24, 2.45) is 23.2 Å². The van der Waals surface area contributed by atoms with Gasteiger partial charge >= 0.3 is 0 Å². The summed E-state index contributed by atoms with van der Waals surface area (Å²) in [6.45, 7) is 1.46. The SMILES string of the molecule is O=C(CC12CC3CC(CC(C3)C1)C2)NC1CCN(C(=O)c2ccccc2)CC1. The Labute approximate surface area is 168 Å². The van der Waals surface area contributed by atoms with Gasteiger partial charge in [0.15, 0.2) is 0 Å². The molecule has 1 aliphatic heterocycles. The van der Waals surface area contributed by atoms with E-state index in [1.165, 1.54) is 38.5 Å². The van der Waals surface area contributed by atoms with Crippen LogP contribution in [0.4, 0.5) is 0 Å². The van der Waals surface area contributed by atoms with Gasteiger partial charge in [0.2, 0.25) is 5.91 Å². The molecular weight excluding hydrogens is 348 g/mol. The smallest absolute Gasteiger partial charge is 0.253 e. The fraction of sp³-hybridized carbons (Fsp3) is 0.667. The van der Waals surface area contributed by atoms with E-state index in [1.807, 2.05) is 35.2 Å². The van der Waals surface area contributed by atoms with Crippen molar-refractivity contribution in [3.63, 3.8) is 0 Å². The summed E-state index contributed by atoms with van der Waals surface area (Å²) in [6.07, 6.45) is 10.6. The maximum absolute atomic E-state index is 12.8. The monoisotopic (exact) mass is 380 g/mol. The van der Waals surface area contributed by atoms with Crippen LogP contribution in [0.25, 0.3) is 0 Å². The highest BCUT2D eigenvalue weighted by molar-refractivity contribution is 5.94. The Morgan fingerprint density at radius 2 is 1.50 bits per heavy atom. The highest BCUT2D eigenvalue weighted by atomic mass is 16.2. The number of nitrogens with one attached hydrogen (secondary N) is 1. The predicted octanol–water partition coefficient (Wildman–Crippen LogP) is 4.01. The summed E-state index contributed by atoms with van der Waals surface area (Å²) in [5.74, 6) is 3.05. The van der Waals surface area contributed by atoms with Crippen LogP contribution >= 0.6 is 0 Å². The van der Waals surface area contributed by atoms with Crippen LogP contribution in [0.5, 0.6) is 0 Å². The number of likely N-dealkylation sites (tertiary alicyclic amines) is 1. The van der Waals surface area contributed by atoms with Crippen molar-refractivity contribution in [1.29, 1.82) is 0 Å². The van der Waals surface area contributed by atoms with Gasteiger partial charge in [0.25, 0.3) is 5.91 Å². The summed E-state index contributed by atoms with van der Waals surface area (Å²) >= 11 is 0. The standard InChI is InChI=1S/C24H32N2O2/c27-22(16-24-13-17-10-18(14-24)12-19(11-17)15-24)25-21-6-8-26(9-7-21)23(28)20-4-2-1-3-5-20/h1-5,17-19,21H,6-16H2,(H,25,27). The van der Waals surface area contributed by atoms with Crippen LogP contribution in [0.1, 0.15) is 68.1 Å². The lowest BCUT2D eigenvalue weighted by molar-refractivity contribution is -0.130. The molecule has 4 aliphatic carbocycles. The minimum atomic E-state index is 0.110. The molecule has 150 valence electrons. The van der Waals surface area contributed by atoms with E-state index >= 15 is 0 Å². The Morgan fingerprint density at radius 1 is 0.929 bits per heavy atom. The maximum atomic E-state index is 12.8. The van der Waals surface area contributed by atoms with Gasteiger partial charge in [0, 0.05) is 31.1 Å². The van der Waals surface area contributed by atoms with Gasteiger partial charge in [-0.15, -0.1) is 0 Å². The molecule has 2 amide bonds. The number of amides is 2. The molecule has 1 N–H and O–H groups in total. The van der Waals surface area contributed by atoms with Crippen molar-refractivity contribution in [2.75, 3.05) is 13.1 Å². The first-order valence-electron chi connectivity index (χ1n) is 11.2. The molecule has 4 nitrogen and oxygen atoms in total. The molecule has 0 aromatic heterocycles. The summed E-state index contributed by atoms with van der Waals surface area (Å²) in [5, 5.41) is 3.32. The number of hydrogen-bond donors (Lipinski definition) is 1. The first-order valence-corrected chi connectivity index (χ1v) is 11.2. The molecule has 0 unspecified atom stereocenters. The second kappa shape index (κ2) is 7.20. The summed E-state index contributed by atoms with van der Waals surface area (Å²) in [4.78, 5) is 27.4. The lowest BCUT2D eigenvalue weighted by atomic mass is 9.49. The summed E-state index contributed by atoms with van der Waals surface area (Å²) in [7, 11) is 0. The quantitative estimate of drug-likeness (QED) is 0.858. The second-order valence-corrected chi connectivity index (χ2v) is 10.1. The van der Waals surface area contributed by atoms with Gasteiger partial charge in [0.1, 0.15) is 0 Å². The second-order valence-electron chi connectivity index (χ2n) is 10.1. The van der Waals surface area contributed by atoms with Crippen LogP contribution in [-0.2, 0) is 4.79 Å². The molecule has 0 radical (unpaired) electrons. The van der Waals surface area contributed by atoms with Crippen LogP contribution < -0.4 is 5.32 Å². The fourth-order valence-electron chi connectivity index (χ4n) is 7.12. The number of piperidine rings is 1. The molecule has 1 aromatic carbocycles. The van der Waals surface area contributed by atoms with E-state index in [0.29, 0.717) is 5.41 Å². The van der Waals surface area contributed by atoms with Gasteiger partial charge in [-0.25, -0.2) is 0 Å². The largest absolute Gasteiger partial charge is 0.353 e. The minimum Gasteiger partial charge on any atom is -0.353 e. The van der Waals surface area contributed by atoms with E-state index in [4.69, 9.17) is 0 Å². The van der Waals surface area contributed by atoms with E-state index < -0.39 is 0 Å². The van der Waals surface area contributed by atoms with E-state index in [-0.39, 0.29) is 17.9 Å². The predicted molar refractivity (Wildman–Crippen MR) is 109 cm³/mol. The van der Waals surface area contributed by atoms with Crippen molar-refractivity contribution in [3.8, 4) is 0 Å². The molecule has 5 fully saturated rings. The first-order chi connectivity index (χ1) is 13.6. The zero-order chi connectivity index (χ0) is 19.1. The number of nitrogens with zero attached hydrogens (tertiary/aromatic N) is 1. The van der Waals surface area contributed by atoms with E-state index in [2.05, 4.69) is 5.32 Å². The third kappa shape index (κ3) is 3.58. The average Bonchev–Trinajstić information content (AvgIpc) is 2.67. The van der Waals surface area contributed by atoms with Crippen molar-refractivity contribution in [1.82, 2.24) is 10.2 Å². The maximum Gasteiger partial charge on any atom is 0.253 e. The molecule has 4 bridgehead atoms. The fourth-order valence-corrected chi connectivity index (χ4v) is 7.12. The van der Waals surface area contributed by atoms with Gasteiger partial charge in [0.05, 0.1) is 0 Å². The van der Waals surface area contributed by atoms with Crippen molar-refractivity contribution in [3.05, 3.63) is 35.9 Å². The topological polar surface area (TPSA) is 49.4 Å². The Hall–Kier alpha value is -1.84. The average molecular weight is 381 g/mol. The van der Waals surface area contributed by atoms with E-state index in [9.17, 15) is 9.59 Å². The molecule has 1 aromatic rings. The zero-order valence-corrected chi connectivity index (χ0v) is 16.7. The van der Waals surface area contributed by atoms with Gasteiger partial charge in [-0.1, -0.05) is 18.2 Å². The Morgan fingerprint density at radius 3 is 2.07 bits per heavy atom. The highest BCUT2D eigenvalue weighted by Crippen LogP contribution is 2.61. The zero-order valence-electron chi connectivity index (χ0n) is 16.7. The molecule has 1 heterocycles. The summed E-state index contributed by atoms with van der Waals surface area (Å²) in [5.41, 5.74) is 1.06. The van der Waals surface area contributed by atoms with Crippen molar-refractivity contribution < 1.29 is 9.59 Å². The lowest BCUT2D eigenvalue weighted by Crippen LogP contribution is -2.50. The first kappa shape index (κ1) is 18.2. The molecule has 4 heteroatoms. The van der Waals surface area contributed by atoms with Crippen LogP contribution in [0, 0.1) is 23.2 Å². The molecule has 1 saturated heterocycles. The molecular formula is C24H32N2O2. The third-order valence-corrected chi connectivity index (χ3v) is 7.87. The summed E-state index contributed by atoms with van der Waals surface area (Å²) in [6, 6.07) is 9.72. The molecule has 28 heavy (non-hydrogen) atoms. The van der Waals surface area contributed by atoms with Gasteiger partial charge in [-0.3, -0.25) is 9.59 Å². The number of carbonyl (C=O) groups is 2. The normalized spacial score (nSPS) is 34.4.